The van der Waals surface area contributed by atoms with Gasteiger partial charge in [0.05, 0.1) is 0 Å². The molecule has 0 aromatic carbocycles. The average molecular weight is 238 g/mol. The summed E-state index contributed by atoms with van der Waals surface area (Å²) >= 11 is 0. The van der Waals surface area contributed by atoms with E-state index in [1.165, 1.54) is 0 Å². The first-order valence-corrected chi connectivity index (χ1v) is 6.17. The summed E-state index contributed by atoms with van der Waals surface area (Å²) in [6.07, 6.45) is 0.980. The molecule has 1 aromatic rings. The zero-order valence-electron chi connectivity index (χ0n) is 10.9. The smallest absolute Gasteiger partial charge is 0.224 e. The van der Waals surface area contributed by atoms with Gasteiger partial charge < -0.3 is 15.4 Å². The molecular weight excluding hydrogens is 216 g/mol. The number of aryl methyl sites for hydroxylation is 1. The molecule has 96 valence electrons. The molecule has 17 heavy (non-hydrogen) atoms. The Bertz CT molecular complexity index is 330. The molecule has 1 rings (SSSR count). The van der Waals surface area contributed by atoms with E-state index in [1.807, 2.05) is 26.8 Å². The van der Waals surface area contributed by atoms with E-state index in [4.69, 9.17) is 4.74 Å². The summed E-state index contributed by atoms with van der Waals surface area (Å²) in [5.74, 6) is 1.55. The molecule has 0 spiro atoms. The van der Waals surface area contributed by atoms with Gasteiger partial charge in [-0.05, 0) is 27.2 Å². The first-order chi connectivity index (χ1) is 8.26. The highest BCUT2D eigenvalue weighted by Gasteiger charge is 2.00. The summed E-state index contributed by atoms with van der Waals surface area (Å²) in [6, 6.07) is 1.95. The van der Waals surface area contributed by atoms with Gasteiger partial charge in [0.25, 0.3) is 0 Å². The molecule has 1 heterocycles. The van der Waals surface area contributed by atoms with Gasteiger partial charge in [0.2, 0.25) is 5.95 Å². The van der Waals surface area contributed by atoms with Crippen molar-refractivity contribution < 1.29 is 4.74 Å². The Balaban J connectivity index is 2.41. The van der Waals surface area contributed by atoms with Gasteiger partial charge in [0.1, 0.15) is 5.82 Å². The number of hydrogen-bond donors (Lipinski definition) is 2. The molecule has 0 saturated carbocycles. The van der Waals surface area contributed by atoms with Crippen LogP contribution in [0.15, 0.2) is 6.07 Å². The summed E-state index contributed by atoms with van der Waals surface area (Å²) < 4.78 is 5.27. The van der Waals surface area contributed by atoms with Crippen molar-refractivity contribution in [2.24, 2.45) is 0 Å². The first-order valence-electron chi connectivity index (χ1n) is 6.17. The summed E-state index contributed by atoms with van der Waals surface area (Å²) in [4.78, 5) is 8.66. The quantitative estimate of drug-likeness (QED) is 0.679. The van der Waals surface area contributed by atoms with Gasteiger partial charge >= 0.3 is 0 Å². The Hall–Kier alpha value is -1.36. The lowest BCUT2D eigenvalue weighted by atomic mass is 10.4. The molecule has 0 aliphatic heterocycles. The Labute approximate surface area is 103 Å². The van der Waals surface area contributed by atoms with Crippen LogP contribution in [0.25, 0.3) is 0 Å². The minimum absolute atomic E-state index is 0.680. The largest absolute Gasteiger partial charge is 0.382 e. The lowest BCUT2D eigenvalue weighted by Crippen LogP contribution is -2.10. The molecule has 0 atom stereocenters. The van der Waals surface area contributed by atoms with Crippen LogP contribution in [-0.2, 0) is 4.74 Å². The molecule has 0 saturated heterocycles. The first kappa shape index (κ1) is 13.7. The number of aromatic nitrogens is 2. The van der Waals surface area contributed by atoms with Crippen LogP contribution >= 0.6 is 0 Å². The number of nitrogens with one attached hydrogen (secondary N) is 2. The molecule has 0 aliphatic carbocycles. The maximum atomic E-state index is 5.27. The predicted octanol–water partition coefficient (Wildman–Crippen LogP) is 2.06. The summed E-state index contributed by atoms with van der Waals surface area (Å²) in [5, 5.41) is 6.38. The van der Waals surface area contributed by atoms with Crippen molar-refractivity contribution in [3.05, 3.63) is 11.8 Å². The highest BCUT2D eigenvalue weighted by atomic mass is 16.5. The van der Waals surface area contributed by atoms with Gasteiger partial charge in [-0.3, -0.25) is 0 Å². The summed E-state index contributed by atoms with van der Waals surface area (Å²) in [5.41, 5.74) is 0.961. The third-order valence-corrected chi connectivity index (χ3v) is 2.16. The number of ether oxygens (including phenoxy) is 1. The molecule has 0 fully saturated rings. The van der Waals surface area contributed by atoms with E-state index in [1.54, 1.807) is 0 Å². The second kappa shape index (κ2) is 7.84. The van der Waals surface area contributed by atoms with Crippen LogP contribution in [0.3, 0.4) is 0 Å². The zero-order chi connectivity index (χ0) is 12.5. The van der Waals surface area contributed by atoms with Gasteiger partial charge in [-0.1, -0.05) is 0 Å². The standard InChI is InChI=1S/C12H22N4O/c1-4-13-12-15-10(3)9-11(16-12)14-7-6-8-17-5-2/h9H,4-8H2,1-3H3,(H2,13,14,15,16). The molecule has 5 heteroatoms. The third kappa shape index (κ3) is 5.49. The Morgan fingerprint density at radius 2 is 2.06 bits per heavy atom. The van der Waals surface area contributed by atoms with Crippen LogP contribution in [-0.4, -0.2) is 36.3 Å². The van der Waals surface area contributed by atoms with Gasteiger partial charge in [-0.25, -0.2) is 4.98 Å². The molecule has 5 nitrogen and oxygen atoms in total. The third-order valence-electron chi connectivity index (χ3n) is 2.16. The van der Waals surface area contributed by atoms with Crippen molar-refractivity contribution in [2.45, 2.75) is 27.2 Å². The highest BCUT2D eigenvalue weighted by molar-refractivity contribution is 5.41. The average Bonchev–Trinajstić information content (AvgIpc) is 2.28. The highest BCUT2D eigenvalue weighted by Crippen LogP contribution is 2.09. The lowest BCUT2D eigenvalue weighted by Gasteiger charge is -2.08. The fourth-order valence-electron chi connectivity index (χ4n) is 1.43. The topological polar surface area (TPSA) is 59.1 Å². The fraction of sp³-hybridized carbons (Fsp3) is 0.667. The van der Waals surface area contributed by atoms with Crippen molar-refractivity contribution in [1.82, 2.24) is 9.97 Å². The zero-order valence-corrected chi connectivity index (χ0v) is 10.9. The number of hydrogen-bond acceptors (Lipinski definition) is 5. The van der Waals surface area contributed by atoms with Crippen LogP contribution < -0.4 is 10.6 Å². The lowest BCUT2D eigenvalue weighted by molar-refractivity contribution is 0.147. The molecule has 0 unspecified atom stereocenters. The van der Waals surface area contributed by atoms with Gasteiger partial charge in [-0.15, -0.1) is 0 Å². The van der Waals surface area contributed by atoms with Crippen LogP contribution in [0.2, 0.25) is 0 Å². The van der Waals surface area contributed by atoms with Crippen molar-refractivity contribution in [1.29, 1.82) is 0 Å². The predicted molar refractivity (Wildman–Crippen MR) is 70.5 cm³/mol. The second-order valence-corrected chi connectivity index (χ2v) is 3.73. The van der Waals surface area contributed by atoms with E-state index in [0.29, 0.717) is 5.95 Å². The number of nitrogens with zero attached hydrogens (tertiary/aromatic N) is 2. The maximum Gasteiger partial charge on any atom is 0.224 e. The van der Waals surface area contributed by atoms with E-state index >= 15 is 0 Å². The SMILES string of the molecule is CCNc1nc(C)cc(NCCCOCC)n1. The van der Waals surface area contributed by atoms with Crippen LogP contribution in [0, 0.1) is 6.92 Å². The minimum atomic E-state index is 0.680. The van der Waals surface area contributed by atoms with Crippen LogP contribution in [0.5, 0.6) is 0 Å². The monoisotopic (exact) mass is 238 g/mol. The van der Waals surface area contributed by atoms with Crippen molar-refractivity contribution in [3.8, 4) is 0 Å². The van der Waals surface area contributed by atoms with E-state index < -0.39 is 0 Å². The van der Waals surface area contributed by atoms with E-state index in [-0.39, 0.29) is 0 Å². The van der Waals surface area contributed by atoms with E-state index in [0.717, 1.165) is 44.2 Å². The van der Waals surface area contributed by atoms with Crippen LogP contribution in [0.1, 0.15) is 26.0 Å². The van der Waals surface area contributed by atoms with Gasteiger partial charge in [0, 0.05) is 38.1 Å². The van der Waals surface area contributed by atoms with Crippen molar-refractivity contribution in [2.75, 3.05) is 36.9 Å². The second-order valence-electron chi connectivity index (χ2n) is 3.73. The summed E-state index contributed by atoms with van der Waals surface area (Å²) in [7, 11) is 0. The molecule has 0 bridgehead atoms. The maximum absolute atomic E-state index is 5.27. The summed E-state index contributed by atoms with van der Waals surface area (Å²) in [6.45, 7) is 9.25. The molecule has 0 amide bonds. The van der Waals surface area contributed by atoms with E-state index in [2.05, 4.69) is 20.6 Å². The van der Waals surface area contributed by atoms with Crippen LogP contribution in [0.4, 0.5) is 11.8 Å². The Morgan fingerprint density at radius 1 is 1.24 bits per heavy atom. The number of anilines is 2. The molecule has 2 N–H and O–H groups in total. The fourth-order valence-corrected chi connectivity index (χ4v) is 1.43. The normalized spacial score (nSPS) is 10.3. The molecule has 1 aromatic heterocycles. The Kier molecular flexibility index (Phi) is 6.32. The van der Waals surface area contributed by atoms with Crippen molar-refractivity contribution in [3.63, 3.8) is 0 Å². The van der Waals surface area contributed by atoms with Gasteiger partial charge in [-0.2, -0.15) is 4.98 Å². The minimum Gasteiger partial charge on any atom is -0.382 e. The Morgan fingerprint density at radius 3 is 2.76 bits per heavy atom. The molecule has 0 aliphatic rings. The van der Waals surface area contributed by atoms with Gasteiger partial charge in [0.15, 0.2) is 0 Å². The molecular formula is C12H22N4O. The van der Waals surface area contributed by atoms with E-state index in [9.17, 15) is 0 Å². The van der Waals surface area contributed by atoms with Crippen molar-refractivity contribution >= 4 is 11.8 Å². The molecule has 0 radical (unpaired) electrons. The number of rotatable bonds is 8.